The average molecular weight is 641 g/mol. The van der Waals surface area contributed by atoms with Crippen molar-refractivity contribution in [2.24, 2.45) is 14.1 Å². The lowest BCUT2D eigenvalue weighted by molar-refractivity contribution is -0.119. The summed E-state index contributed by atoms with van der Waals surface area (Å²) in [4.78, 5) is 50.8. The number of nitrogens with zero attached hydrogens (tertiary/aromatic N) is 5. The summed E-state index contributed by atoms with van der Waals surface area (Å²) in [5.74, 6) is 0.808. The number of fused-ring (bicyclic) bond motifs is 1. The fourth-order valence-corrected chi connectivity index (χ4v) is 6.08. The van der Waals surface area contributed by atoms with E-state index < -0.39 is 11.2 Å². The minimum absolute atomic E-state index is 0.0776. The third kappa shape index (κ3) is 5.72. The maximum atomic E-state index is 13.1. The Morgan fingerprint density at radius 3 is 2.54 bits per heavy atom. The fraction of sp³-hybridized carbons (Fsp3) is 0.273. The van der Waals surface area contributed by atoms with Crippen molar-refractivity contribution >= 4 is 39.9 Å². The monoisotopic (exact) mass is 640 g/mol. The fourth-order valence-electron chi connectivity index (χ4n) is 5.75. The first kappa shape index (κ1) is 30.9. The van der Waals surface area contributed by atoms with Gasteiger partial charge >= 0.3 is 5.69 Å². The van der Waals surface area contributed by atoms with Crippen molar-refractivity contribution in [3.8, 4) is 28.3 Å². The lowest BCUT2D eigenvalue weighted by Gasteiger charge is -2.17. The summed E-state index contributed by atoms with van der Waals surface area (Å²) < 4.78 is 8.07. The van der Waals surface area contributed by atoms with Crippen molar-refractivity contribution in [1.82, 2.24) is 34.7 Å². The molecule has 1 atom stereocenters. The van der Waals surface area contributed by atoms with Crippen molar-refractivity contribution in [2.75, 3.05) is 19.0 Å². The SMILES string of the molecule is COc1nc(-c2cccc(-c3cccc(Nc4nccc5c4c(=O)n(C)c(=O)n5C)c3C)c2Cl)cnc1CNC[C@H]1CCC(=O)N1. The quantitative estimate of drug-likeness (QED) is 0.219. The molecular weight excluding hydrogens is 608 g/mol. The molecule has 0 bridgehead atoms. The van der Waals surface area contributed by atoms with E-state index in [1.807, 2.05) is 43.3 Å². The van der Waals surface area contributed by atoms with Crippen LogP contribution in [-0.2, 0) is 25.4 Å². The Morgan fingerprint density at radius 2 is 1.78 bits per heavy atom. The molecule has 1 aliphatic rings. The summed E-state index contributed by atoms with van der Waals surface area (Å²) in [7, 11) is 4.62. The molecule has 1 aliphatic heterocycles. The highest BCUT2D eigenvalue weighted by Gasteiger charge is 2.21. The van der Waals surface area contributed by atoms with Gasteiger partial charge in [-0.3, -0.25) is 23.7 Å². The van der Waals surface area contributed by atoms with Crippen LogP contribution in [0.5, 0.6) is 5.88 Å². The van der Waals surface area contributed by atoms with E-state index in [1.54, 1.807) is 32.6 Å². The van der Waals surface area contributed by atoms with Crippen LogP contribution in [0.1, 0.15) is 24.1 Å². The predicted octanol–water partition coefficient (Wildman–Crippen LogP) is 3.84. The van der Waals surface area contributed by atoms with Crippen molar-refractivity contribution in [1.29, 1.82) is 0 Å². The molecule has 0 radical (unpaired) electrons. The minimum Gasteiger partial charge on any atom is -0.480 e. The van der Waals surface area contributed by atoms with Gasteiger partial charge in [-0.15, -0.1) is 0 Å². The Balaban J connectivity index is 1.30. The van der Waals surface area contributed by atoms with Gasteiger partial charge in [-0.2, -0.15) is 0 Å². The molecule has 3 aromatic heterocycles. The zero-order valence-corrected chi connectivity index (χ0v) is 26.6. The molecule has 0 aliphatic carbocycles. The third-order valence-corrected chi connectivity index (χ3v) is 8.71. The van der Waals surface area contributed by atoms with E-state index in [0.717, 1.165) is 33.4 Å². The molecule has 46 heavy (non-hydrogen) atoms. The Morgan fingerprint density at radius 1 is 1.02 bits per heavy atom. The second-order valence-electron chi connectivity index (χ2n) is 11.2. The van der Waals surface area contributed by atoms with Gasteiger partial charge in [0, 0.05) is 62.7 Å². The number of pyridine rings is 1. The maximum absolute atomic E-state index is 13.1. The lowest BCUT2D eigenvalue weighted by atomic mass is 9.96. The topological polar surface area (TPSA) is 145 Å². The van der Waals surface area contributed by atoms with Gasteiger partial charge < -0.3 is 20.7 Å². The average Bonchev–Trinajstić information content (AvgIpc) is 3.48. The Bertz CT molecular complexity index is 2110. The first-order valence-electron chi connectivity index (χ1n) is 14.8. The Hall–Kier alpha value is -5.07. The van der Waals surface area contributed by atoms with E-state index in [9.17, 15) is 14.4 Å². The minimum atomic E-state index is -0.432. The zero-order valence-electron chi connectivity index (χ0n) is 25.8. The van der Waals surface area contributed by atoms with Crippen LogP contribution in [0.4, 0.5) is 11.5 Å². The van der Waals surface area contributed by atoms with Crippen molar-refractivity contribution in [3.63, 3.8) is 0 Å². The van der Waals surface area contributed by atoms with Gasteiger partial charge in [0.1, 0.15) is 16.9 Å². The Kier molecular flexibility index (Phi) is 8.57. The van der Waals surface area contributed by atoms with E-state index in [4.69, 9.17) is 21.3 Å². The molecule has 1 saturated heterocycles. The van der Waals surface area contributed by atoms with Gasteiger partial charge in [-0.05, 0) is 36.6 Å². The number of carbonyl (C=O) groups excluding carboxylic acids is 1. The molecule has 0 spiro atoms. The number of ether oxygens (including phenoxy) is 1. The number of methoxy groups -OCH3 is 1. The zero-order chi connectivity index (χ0) is 32.5. The first-order valence-corrected chi connectivity index (χ1v) is 15.2. The number of anilines is 2. The molecule has 4 heterocycles. The van der Waals surface area contributed by atoms with Gasteiger partial charge in [0.2, 0.25) is 11.8 Å². The number of nitrogens with one attached hydrogen (secondary N) is 3. The Labute approximate surface area is 269 Å². The molecule has 0 unspecified atom stereocenters. The molecule has 1 fully saturated rings. The van der Waals surface area contributed by atoms with Crippen LogP contribution in [-0.4, -0.2) is 49.7 Å². The van der Waals surface area contributed by atoms with Gasteiger partial charge in [-0.25, -0.2) is 14.8 Å². The van der Waals surface area contributed by atoms with Crippen molar-refractivity contribution in [2.45, 2.75) is 32.4 Å². The van der Waals surface area contributed by atoms with Gasteiger partial charge in [0.15, 0.2) is 0 Å². The van der Waals surface area contributed by atoms with Crippen molar-refractivity contribution < 1.29 is 9.53 Å². The summed E-state index contributed by atoms with van der Waals surface area (Å²) in [6.07, 6.45) is 4.60. The standard InChI is InChI=1S/C33H33ClN8O4/c1-18-20(7-6-10-23(18)39-30-28-26(13-14-36-30)41(2)33(45)42(3)32(28)44)21-8-5-9-22(29(21)34)24-17-37-25(31(40-24)46-4)16-35-15-19-11-12-27(43)38-19/h5-10,13-14,17,19,35H,11-12,15-16H2,1-4H3,(H,36,39)(H,38,43)/t19-/m1/s1. The van der Waals surface area contributed by atoms with Crippen LogP contribution < -0.4 is 31.9 Å². The van der Waals surface area contributed by atoms with E-state index in [1.165, 1.54) is 11.6 Å². The number of benzene rings is 2. The highest BCUT2D eigenvalue weighted by atomic mass is 35.5. The number of amides is 1. The van der Waals surface area contributed by atoms with Gasteiger partial charge in [0.05, 0.1) is 29.5 Å². The van der Waals surface area contributed by atoms with Crippen LogP contribution in [0, 0.1) is 6.92 Å². The number of aryl methyl sites for hydroxylation is 1. The largest absolute Gasteiger partial charge is 0.480 e. The molecule has 12 nitrogen and oxygen atoms in total. The second kappa shape index (κ2) is 12.7. The summed E-state index contributed by atoms with van der Waals surface area (Å²) in [5, 5.41) is 10.4. The van der Waals surface area contributed by atoms with Crippen LogP contribution in [0.25, 0.3) is 33.3 Å². The number of rotatable bonds is 9. The van der Waals surface area contributed by atoms with E-state index >= 15 is 0 Å². The number of aromatic nitrogens is 5. The van der Waals surface area contributed by atoms with Crippen LogP contribution in [0.3, 0.4) is 0 Å². The summed E-state index contributed by atoms with van der Waals surface area (Å²) >= 11 is 7.05. The molecule has 6 rings (SSSR count). The smallest absolute Gasteiger partial charge is 0.330 e. The third-order valence-electron chi connectivity index (χ3n) is 8.31. The molecule has 13 heteroatoms. The highest BCUT2D eigenvalue weighted by molar-refractivity contribution is 6.36. The van der Waals surface area contributed by atoms with Crippen molar-refractivity contribution in [3.05, 3.63) is 92.0 Å². The molecule has 0 saturated carbocycles. The number of hydrogen-bond acceptors (Lipinski definition) is 9. The molecule has 2 aromatic carbocycles. The summed E-state index contributed by atoms with van der Waals surface area (Å²) in [6, 6.07) is 13.2. The van der Waals surface area contributed by atoms with Gasteiger partial charge in [-0.1, -0.05) is 41.9 Å². The van der Waals surface area contributed by atoms with Crippen LogP contribution in [0.2, 0.25) is 5.02 Å². The molecule has 1 amide bonds. The molecular formula is C33H33ClN8O4. The number of hydrogen-bond donors (Lipinski definition) is 3. The predicted molar refractivity (Wildman–Crippen MR) is 178 cm³/mol. The molecule has 3 N–H and O–H groups in total. The normalized spacial score (nSPS) is 14.5. The number of halogens is 1. The second-order valence-corrected chi connectivity index (χ2v) is 11.6. The maximum Gasteiger partial charge on any atom is 0.330 e. The first-order chi connectivity index (χ1) is 22.2. The highest BCUT2D eigenvalue weighted by Crippen LogP contribution is 2.39. The molecule has 5 aromatic rings. The summed E-state index contributed by atoms with van der Waals surface area (Å²) in [6.45, 7) is 3.02. The lowest BCUT2D eigenvalue weighted by Crippen LogP contribution is -2.37. The van der Waals surface area contributed by atoms with E-state index in [-0.39, 0.29) is 11.9 Å². The molecule has 236 valence electrons. The summed E-state index contributed by atoms with van der Waals surface area (Å²) in [5.41, 5.74) is 4.80. The van der Waals surface area contributed by atoms with Crippen LogP contribution >= 0.6 is 11.6 Å². The van der Waals surface area contributed by atoms with E-state index in [2.05, 4.69) is 25.9 Å². The van der Waals surface area contributed by atoms with Gasteiger partial charge in [0.25, 0.3) is 5.56 Å². The number of carbonyl (C=O) groups is 1. The van der Waals surface area contributed by atoms with E-state index in [0.29, 0.717) is 64.1 Å². The van der Waals surface area contributed by atoms with Crippen LogP contribution in [0.15, 0.2) is 64.4 Å².